The molecular weight excluding hydrogens is 366 g/mol. The van der Waals surface area contributed by atoms with Crippen molar-refractivity contribution in [3.8, 4) is 0 Å². The van der Waals surface area contributed by atoms with Gasteiger partial charge in [-0.25, -0.2) is 4.98 Å². The Morgan fingerprint density at radius 2 is 2.00 bits per heavy atom. The lowest BCUT2D eigenvalue weighted by molar-refractivity contribution is 0.0654. The van der Waals surface area contributed by atoms with Crippen molar-refractivity contribution in [2.75, 3.05) is 0 Å². The summed E-state index contributed by atoms with van der Waals surface area (Å²) in [6, 6.07) is 7.36. The number of carbonyl (C=O) groups excluding carboxylic acids is 1. The van der Waals surface area contributed by atoms with Crippen molar-refractivity contribution in [1.29, 1.82) is 0 Å². The van der Waals surface area contributed by atoms with Crippen molar-refractivity contribution < 1.29 is 4.79 Å². The minimum Gasteiger partial charge on any atom is -0.329 e. The molecular formula is C19H18ClN5O2. The Kier molecular flexibility index (Phi) is 3.62. The summed E-state index contributed by atoms with van der Waals surface area (Å²) in [7, 11) is 1.71. The van der Waals surface area contributed by atoms with Crippen LogP contribution in [0.25, 0.3) is 10.9 Å². The zero-order valence-electron chi connectivity index (χ0n) is 14.8. The van der Waals surface area contributed by atoms with Crippen LogP contribution in [-0.4, -0.2) is 42.2 Å². The number of nitrogens with zero attached hydrogens (tertiary/aromatic N) is 5. The van der Waals surface area contributed by atoms with Crippen molar-refractivity contribution in [3.05, 3.63) is 57.4 Å². The van der Waals surface area contributed by atoms with Gasteiger partial charge in [0.05, 0.1) is 28.2 Å². The topological polar surface area (TPSA) is 73.0 Å². The van der Waals surface area contributed by atoms with Crippen LogP contribution in [0.2, 0.25) is 5.02 Å². The second-order valence-electron chi connectivity index (χ2n) is 7.23. The van der Waals surface area contributed by atoms with Crippen LogP contribution in [0.1, 0.15) is 29.2 Å². The van der Waals surface area contributed by atoms with Crippen molar-refractivity contribution in [2.24, 2.45) is 7.05 Å². The maximum Gasteiger partial charge on any atom is 0.274 e. The Hall–Kier alpha value is -2.67. The van der Waals surface area contributed by atoms with Crippen LogP contribution < -0.4 is 5.56 Å². The van der Waals surface area contributed by atoms with E-state index in [9.17, 15) is 9.59 Å². The number of rotatable bonds is 1. The predicted molar refractivity (Wildman–Crippen MR) is 101 cm³/mol. The van der Waals surface area contributed by atoms with Gasteiger partial charge in [-0.05, 0) is 25.0 Å². The highest BCUT2D eigenvalue weighted by Gasteiger charge is 2.42. The standard InChI is InChI=1S/C19H18ClN5O2/c1-23-17(14(20)9-21-23)19(27)25-11-6-7-12(25)10-24-16(8-11)22-15-5-3-2-4-13(15)18(24)26/h2-5,9,11-12H,6-8,10H2,1H3. The molecule has 7 nitrogen and oxygen atoms in total. The van der Waals surface area contributed by atoms with Gasteiger partial charge in [-0.3, -0.25) is 18.8 Å². The van der Waals surface area contributed by atoms with E-state index in [1.165, 1.54) is 10.9 Å². The number of aryl methyl sites for hydroxylation is 1. The molecule has 2 atom stereocenters. The molecule has 3 aromatic rings. The van der Waals surface area contributed by atoms with E-state index in [0.29, 0.717) is 34.6 Å². The average molecular weight is 384 g/mol. The molecule has 1 saturated heterocycles. The van der Waals surface area contributed by atoms with E-state index in [2.05, 4.69) is 5.10 Å². The summed E-state index contributed by atoms with van der Waals surface area (Å²) in [6.07, 6.45) is 3.82. The molecule has 2 aromatic heterocycles. The van der Waals surface area contributed by atoms with E-state index in [-0.39, 0.29) is 23.6 Å². The Morgan fingerprint density at radius 1 is 1.22 bits per heavy atom. The molecule has 2 bridgehead atoms. The fourth-order valence-corrected chi connectivity index (χ4v) is 4.67. The third kappa shape index (κ3) is 2.41. The summed E-state index contributed by atoms with van der Waals surface area (Å²) in [5.41, 5.74) is 1.07. The van der Waals surface area contributed by atoms with Gasteiger partial charge in [0, 0.05) is 26.1 Å². The zero-order valence-corrected chi connectivity index (χ0v) is 15.6. The van der Waals surface area contributed by atoms with E-state index < -0.39 is 0 Å². The third-order valence-corrected chi connectivity index (χ3v) is 5.98. The SMILES string of the molecule is Cn1ncc(Cl)c1C(=O)N1C2CCC1Cn1c(nc3ccccc3c1=O)C2. The van der Waals surface area contributed by atoms with Crippen LogP contribution in [0.3, 0.4) is 0 Å². The largest absolute Gasteiger partial charge is 0.329 e. The van der Waals surface area contributed by atoms with Gasteiger partial charge in [0.15, 0.2) is 0 Å². The summed E-state index contributed by atoms with van der Waals surface area (Å²) in [4.78, 5) is 32.9. The van der Waals surface area contributed by atoms with Gasteiger partial charge >= 0.3 is 0 Å². The lowest BCUT2D eigenvalue weighted by Crippen LogP contribution is -2.43. The number of para-hydroxylation sites is 1. The summed E-state index contributed by atoms with van der Waals surface area (Å²) in [5.74, 6) is 0.623. The Morgan fingerprint density at radius 3 is 2.78 bits per heavy atom. The van der Waals surface area contributed by atoms with E-state index in [1.54, 1.807) is 17.7 Å². The quantitative estimate of drug-likeness (QED) is 0.644. The second-order valence-corrected chi connectivity index (χ2v) is 7.63. The molecule has 1 fully saturated rings. The molecule has 0 spiro atoms. The highest BCUT2D eigenvalue weighted by molar-refractivity contribution is 6.33. The second kappa shape index (κ2) is 5.92. The van der Waals surface area contributed by atoms with Crippen LogP contribution in [0.4, 0.5) is 0 Å². The minimum atomic E-state index is -0.127. The molecule has 2 unspecified atom stereocenters. The van der Waals surface area contributed by atoms with Crippen LogP contribution >= 0.6 is 11.6 Å². The smallest absolute Gasteiger partial charge is 0.274 e. The van der Waals surface area contributed by atoms with Crippen LogP contribution in [0, 0.1) is 0 Å². The molecule has 138 valence electrons. The molecule has 5 rings (SSSR count). The van der Waals surface area contributed by atoms with Gasteiger partial charge < -0.3 is 4.90 Å². The number of fused-ring (bicyclic) bond motifs is 4. The molecule has 2 aliphatic rings. The zero-order chi connectivity index (χ0) is 18.7. The van der Waals surface area contributed by atoms with E-state index in [0.717, 1.165) is 18.7 Å². The van der Waals surface area contributed by atoms with Gasteiger partial charge in [-0.15, -0.1) is 0 Å². The van der Waals surface area contributed by atoms with Crippen molar-refractivity contribution in [2.45, 2.75) is 37.9 Å². The molecule has 0 saturated carbocycles. The summed E-state index contributed by atoms with van der Waals surface area (Å²) in [6.45, 7) is 0.462. The first kappa shape index (κ1) is 16.5. The van der Waals surface area contributed by atoms with Crippen LogP contribution in [-0.2, 0) is 20.0 Å². The molecule has 8 heteroatoms. The number of hydrogen-bond donors (Lipinski definition) is 0. The number of hydrogen-bond acceptors (Lipinski definition) is 4. The van der Waals surface area contributed by atoms with Gasteiger partial charge in [0.2, 0.25) is 0 Å². The molecule has 0 radical (unpaired) electrons. The van der Waals surface area contributed by atoms with Gasteiger partial charge in [0.1, 0.15) is 11.5 Å². The summed E-state index contributed by atoms with van der Waals surface area (Å²) >= 11 is 6.20. The number of amides is 1. The third-order valence-electron chi connectivity index (χ3n) is 5.70. The van der Waals surface area contributed by atoms with E-state index in [1.807, 2.05) is 23.1 Å². The lowest BCUT2D eigenvalue weighted by Gasteiger charge is -2.27. The number of halogens is 1. The van der Waals surface area contributed by atoms with Gasteiger partial charge in [0.25, 0.3) is 11.5 Å². The van der Waals surface area contributed by atoms with E-state index in [4.69, 9.17) is 16.6 Å². The molecule has 1 aromatic carbocycles. The average Bonchev–Trinajstić information content (AvgIpc) is 3.14. The van der Waals surface area contributed by atoms with Crippen LogP contribution in [0.15, 0.2) is 35.3 Å². The van der Waals surface area contributed by atoms with Crippen molar-refractivity contribution in [3.63, 3.8) is 0 Å². The molecule has 4 heterocycles. The molecule has 0 N–H and O–H groups in total. The molecule has 27 heavy (non-hydrogen) atoms. The maximum atomic E-state index is 13.3. The molecule has 2 aliphatic heterocycles. The fourth-order valence-electron chi connectivity index (χ4n) is 4.43. The van der Waals surface area contributed by atoms with Gasteiger partial charge in [-0.1, -0.05) is 23.7 Å². The van der Waals surface area contributed by atoms with Gasteiger partial charge in [-0.2, -0.15) is 5.10 Å². The lowest BCUT2D eigenvalue weighted by atomic mass is 10.1. The van der Waals surface area contributed by atoms with Crippen molar-refractivity contribution >= 4 is 28.4 Å². The van der Waals surface area contributed by atoms with Crippen molar-refractivity contribution in [1.82, 2.24) is 24.2 Å². The summed E-state index contributed by atoms with van der Waals surface area (Å²) in [5, 5.41) is 5.06. The Balaban J connectivity index is 1.60. The monoisotopic (exact) mass is 383 g/mol. The fraction of sp³-hybridized carbons (Fsp3) is 0.368. The van der Waals surface area contributed by atoms with Crippen LogP contribution in [0.5, 0.6) is 0 Å². The molecule has 1 amide bonds. The Labute approximate surface area is 160 Å². The predicted octanol–water partition coefficient (Wildman–Crippen LogP) is 2.01. The minimum absolute atomic E-state index is 0.00952. The van der Waals surface area contributed by atoms with E-state index >= 15 is 0 Å². The number of benzene rings is 1. The summed E-state index contributed by atoms with van der Waals surface area (Å²) < 4.78 is 3.26. The molecule has 0 aliphatic carbocycles. The first-order chi connectivity index (χ1) is 13.0. The number of carbonyl (C=O) groups is 1. The number of aromatic nitrogens is 4. The first-order valence-electron chi connectivity index (χ1n) is 9.03. The normalized spacial score (nSPS) is 21.3. The Bertz CT molecular complexity index is 1120. The first-order valence-corrected chi connectivity index (χ1v) is 9.41. The highest BCUT2D eigenvalue weighted by Crippen LogP contribution is 2.33. The highest BCUT2D eigenvalue weighted by atomic mass is 35.5. The maximum absolute atomic E-state index is 13.3.